The number of rotatable bonds is 3. The second kappa shape index (κ2) is 5.14. The summed E-state index contributed by atoms with van der Waals surface area (Å²) < 4.78 is 13.2. The molecule has 1 aliphatic rings. The van der Waals surface area contributed by atoms with Gasteiger partial charge in [-0.15, -0.1) is 0 Å². The van der Waals surface area contributed by atoms with Crippen molar-refractivity contribution >= 4 is 0 Å². The lowest BCUT2D eigenvalue weighted by atomic mass is 9.96. The zero-order chi connectivity index (χ0) is 13.2. The number of hydrogen-bond acceptors (Lipinski definition) is 1. The van der Waals surface area contributed by atoms with Gasteiger partial charge in [0.1, 0.15) is 5.82 Å². The number of benzene rings is 2. The van der Waals surface area contributed by atoms with E-state index in [0.29, 0.717) is 6.42 Å². The summed E-state index contributed by atoms with van der Waals surface area (Å²) in [6.07, 6.45) is 4.28. The minimum atomic E-state index is -0.196. The number of nitrogens with two attached hydrogens (primary N) is 1. The van der Waals surface area contributed by atoms with Crippen molar-refractivity contribution in [1.29, 1.82) is 0 Å². The first-order chi connectivity index (χ1) is 9.22. The normalized spacial score (nSPS) is 15.3. The van der Waals surface area contributed by atoms with Gasteiger partial charge in [-0.25, -0.2) is 4.39 Å². The van der Waals surface area contributed by atoms with Crippen molar-refractivity contribution in [2.24, 2.45) is 5.73 Å². The zero-order valence-corrected chi connectivity index (χ0v) is 10.9. The third-order valence-corrected chi connectivity index (χ3v) is 3.90. The van der Waals surface area contributed by atoms with Crippen molar-refractivity contribution in [2.75, 3.05) is 0 Å². The summed E-state index contributed by atoms with van der Waals surface area (Å²) in [6, 6.07) is 13.2. The Labute approximate surface area is 113 Å². The van der Waals surface area contributed by atoms with Crippen LogP contribution in [0.1, 0.15) is 34.7 Å². The van der Waals surface area contributed by atoms with Crippen LogP contribution in [0.3, 0.4) is 0 Å². The molecule has 0 bridgehead atoms. The van der Waals surface area contributed by atoms with Crippen LogP contribution in [0, 0.1) is 5.82 Å². The molecule has 1 unspecified atom stereocenters. The molecular formula is C17H18FN. The SMILES string of the molecule is NC(Cc1cccc(F)c1)c1ccc2c(c1)CCC2. The Morgan fingerprint density at radius 1 is 1.05 bits per heavy atom. The molecule has 2 heteroatoms. The molecule has 0 saturated heterocycles. The molecule has 0 radical (unpaired) electrons. The predicted molar refractivity (Wildman–Crippen MR) is 75.5 cm³/mol. The van der Waals surface area contributed by atoms with E-state index in [9.17, 15) is 4.39 Å². The van der Waals surface area contributed by atoms with Gasteiger partial charge in [0.2, 0.25) is 0 Å². The van der Waals surface area contributed by atoms with Gasteiger partial charge in [0.05, 0.1) is 0 Å². The maximum absolute atomic E-state index is 13.2. The topological polar surface area (TPSA) is 26.0 Å². The third-order valence-electron chi connectivity index (χ3n) is 3.90. The highest BCUT2D eigenvalue weighted by Crippen LogP contribution is 2.26. The maximum Gasteiger partial charge on any atom is 0.123 e. The minimum absolute atomic E-state index is 0.0623. The van der Waals surface area contributed by atoms with Gasteiger partial charge < -0.3 is 5.73 Å². The van der Waals surface area contributed by atoms with Crippen LogP contribution >= 0.6 is 0 Å². The quantitative estimate of drug-likeness (QED) is 0.891. The lowest BCUT2D eigenvalue weighted by Crippen LogP contribution is -2.13. The Bertz CT molecular complexity index is 592. The summed E-state index contributed by atoms with van der Waals surface area (Å²) in [4.78, 5) is 0. The predicted octanol–water partition coefficient (Wildman–Crippen LogP) is 3.56. The standard InChI is InChI=1S/C17H18FN/c18-16-6-1-3-12(9-16)10-17(19)15-8-7-13-4-2-5-14(13)11-15/h1,3,6-9,11,17H,2,4-5,10,19H2. The fourth-order valence-electron chi connectivity index (χ4n) is 2.86. The molecule has 0 aliphatic heterocycles. The van der Waals surface area contributed by atoms with Gasteiger partial charge in [0.25, 0.3) is 0 Å². The number of halogens is 1. The first-order valence-corrected chi connectivity index (χ1v) is 6.84. The molecule has 0 aromatic heterocycles. The van der Waals surface area contributed by atoms with Gasteiger partial charge in [0.15, 0.2) is 0 Å². The fraction of sp³-hybridized carbons (Fsp3) is 0.294. The number of hydrogen-bond donors (Lipinski definition) is 1. The van der Waals surface area contributed by atoms with E-state index in [-0.39, 0.29) is 11.9 Å². The second-order valence-corrected chi connectivity index (χ2v) is 5.32. The van der Waals surface area contributed by atoms with Crippen molar-refractivity contribution in [3.63, 3.8) is 0 Å². The van der Waals surface area contributed by atoms with Crippen molar-refractivity contribution < 1.29 is 4.39 Å². The molecule has 0 spiro atoms. The van der Waals surface area contributed by atoms with Crippen molar-refractivity contribution in [2.45, 2.75) is 31.7 Å². The fourth-order valence-corrected chi connectivity index (χ4v) is 2.86. The highest BCUT2D eigenvalue weighted by atomic mass is 19.1. The molecule has 0 fully saturated rings. The van der Waals surface area contributed by atoms with Gasteiger partial charge in [-0.2, -0.15) is 0 Å². The molecule has 1 aliphatic carbocycles. The van der Waals surface area contributed by atoms with Crippen LogP contribution in [-0.4, -0.2) is 0 Å². The largest absolute Gasteiger partial charge is 0.324 e. The smallest absolute Gasteiger partial charge is 0.123 e. The molecule has 1 nitrogen and oxygen atoms in total. The van der Waals surface area contributed by atoms with Crippen LogP contribution in [0.5, 0.6) is 0 Å². The Hall–Kier alpha value is -1.67. The van der Waals surface area contributed by atoms with Crippen LogP contribution in [0.15, 0.2) is 42.5 Å². The lowest BCUT2D eigenvalue weighted by molar-refractivity contribution is 0.622. The third kappa shape index (κ3) is 2.69. The van der Waals surface area contributed by atoms with Crippen molar-refractivity contribution in [3.05, 3.63) is 70.5 Å². The van der Waals surface area contributed by atoms with Crippen molar-refractivity contribution in [3.8, 4) is 0 Å². The van der Waals surface area contributed by atoms with E-state index in [1.165, 1.54) is 30.0 Å². The first kappa shape index (κ1) is 12.4. The maximum atomic E-state index is 13.2. The molecule has 2 aromatic rings. The summed E-state index contributed by atoms with van der Waals surface area (Å²) >= 11 is 0. The first-order valence-electron chi connectivity index (χ1n) is 6.84. The Morgan fingerprint density at radius 3 is 2.74 bits per heavy atom. The van der Waals surface area contributed by atoms with Crippen LogP contribution in [0.25, 0.3) is 0 Å². The van der Waals surface area contributed by atoms with Crippen LogP contribution < -0.4 is 5.73 Å². The van der Waals surface area contributed by atoms with E-state index in [0.717, 1.165) is 17.5 Å². The van der Waals surface area contributed by atoms with Crippen LogP contribution in [-0.2, 0) is 19.3 Å². The van der Waals surface area contributed by atoms with Crippen LogP contribution in [0.2, 0.25) is 0 Å². The molecule has 1 atom stereocenters. The highest BCUT2D eigenvalue weighted by Gasteiger charge is 2.14. The van der Waals surface area contributed by atoms with Gasteiger partial charge in [0, 0.05) is 6.04 Å². The summed E-state index contributed by atoms with van der Waals surface area (Å²) in [6.45, 7) is 0. The van der Waals surface area contributed by atoms with E-state index in [1.807, 2.05) is 6.07 Å². The lowest BCUT2D eigenvalue weighted by Gasteiger charge is -2.14. The second-order valence-electron chi connectivity index (χ2n) is 5.32. The van der Waals surface area contributed by atoms with Crippen molar-refractivity contribution in [1.82, 2.24) is 0 Å². The van der Waals surface area contributed by atoms with E-state index < -0.39 is 0 Å². The Kier molecular flexibility index (Phi) is 3.34. The Balaban J connectivity index is 1.78. The average Bonchev–Trinajstić information content (AvgIpc) is 2.85. The van der Waals surface area contributed by atoms with Gasteiger partial charge in [-0.3, -0.25) is 0 Å². The van der Waals surface area contributed by atoms with E-state index in [4.69, 9.17) is 5.73 Å². The monoisotopic (exact) mass is 255 g/mol. The highest BCUT2D eigenvalue weighted by molar-refractivity contribution is 5.37. The molecule has 19 heavy (non-hydrogen) atoms. The van der Waals surface area contributed by atoms with E-state index in [2.05, 4.69) is 18.2 Å². The Morgan fingerprint density at radius 2 is 1.89 bits per heavy atom. The van der Waals surface area contributed by atoms with Gasteiger partial charge >= 0.3 is 0 Å². The number of aryl methyl sites for hydroxylation is 2. The van der Waals surface area contributed by atoms with E-state index >= 15 is 0 Å². The zero-order valence-electron chi connectivity index (χ0n) is 10.9. The summed E-state index contributed by atoms with van der Waals surface area (Å²) in [7, 11) is 0. The molecule has 98 valence electrons. The molecule has 0 heterocycles. The van der Waals surface area contributed by atoms with E-state index in [1.54, 1.807) is 12.1 Å². The summed E-state index contributed by atoms with van der Waals surface area (Å²) in [5, 5.41) is 0. The minimum Gasteiger partial charge on any atom is -0.324 e. The molecule has 2 N–H and O–H groups in total. The molecule has 2 aromatic carbocycles. The summed E-state index contributed by atoms with van der Waals surface area (Å²) in [5.41, 5.74) is 11.3. The summed E-state index contributed by atoms with van der Waals surface area (Å²) in [5.74, 6) is -0.196. The molecule has 3 rings (SSSR count). The molecular weight excluding hydrogens is 237 g/mol. The molecule has 0 saturated carbocycles. The van der Waals surface area contributed by atoms with Gasteiger partial charge in [-0.1, -0.05) is 30.3 Å². The molecule has 0 amide bonds. The average molecular weight is 255 g/mol. The van der Waals surface area contributed by atoms with Crippen LogP contribution in [0.4, 0.5) is 4.39 Å². The number of fused-ring (bicyclic) bond motifs is 1. The van der Waals surface area contributed by atoms with Gasteiger partial charge in [-0.05, 0) is 60.1 Å².